The number of anilines is 1. The molecule has 0 aliphatic rings. The number of aryl methyl sites for hydroxylation is 1. The van der Waals surface area contributed by atoms with Gasteiger partial charge in [0, 0.05) is 18.8 Å². The summed E-state index contributed by atoms with van der Waals surface area (Å²) in [5.74, 6) is 1.63. The van der Waals surface area contributed by atoms with Crippen molar-refractivity contribution in [2.75, 3.05) is 46.2 Å². The van der Waals surface area contributed by atoms with Crippen LogP contribution >= 0.6 is 24.0 Å². The quantitative estimate of drug-likeness (QED) is 0.239. The second kappa shape index (κ2) is 14.7. The maximum atomic E-state index is 12.0. The van der Waals surface area contributed by atoms with Crippen molar-refractivity contribution in [3.63, 3.8) is 0 Å². The van der Waals surface area contributed by atoms with E-state index in [1.165, 1.54) is 11.1 Å². The van der Waals surface area contributed by atoms with Crippen molar-refractivity contribution in [3.8, 4) is 5.75 Å². The largest absolute Gasteiger partial charge is 0.496 e. The highest BCUT2D eigenvalue weighted by Crippen LogP contribution is 2.19. The van der Waals surface area contributed by atoms with Crippen molar-refractivity contribution >= 4 is 41.5 Å². The minimum atomic E-state index is -0.0350. The first-order valence-corrected chi connectivity index (χ1v) is 10.6. The van der Waals surface area contributed by atoms with Gasteiger partial charge < -0.3 is 25.6 Å². The van der Waals surface area contributed by atoms with Crippen molar-refractivity contribution in [1.82, 2.24) is 15.5 Å². The maximum Gasteiger partial charge on any atom is 0.238 e. The standard InChI is InChI=1S/C24H35N5O2.HI/c1-6-25-24(26-13-12-20-14-18(2)10-11-22(20)31-5)27-16-19-8-7-9-21(15-19)28-23(30)17-29(3)4;/h7-11,14-15H,6,12-13,16-17H2,1-5H3,(H,28,30)(H2,25,26,27);1H. The molecular weight excluding hydrogens is 517 g/mol. The molecule has 0 spiro atoms. The monoisotopic (exact) mass is 553 g/mol. The molecule has 2 rings (SSSR count). The van der Waals surface area contributed by atoms with Crippen molar-refractivity contribution in [2.45, 2.75) is 26.8 Å². The van der Waals surface area contributed by atoms with Crippen LogP contribution in [-0.2, 0) is 17.8 Å². The van der Waals surface area contributed by atoms with Gasteiger partial charge in [0.2, 0.25) is 5.91 Å². The van der Waals surface area contributed by atoms with E-state index in [4.69, 9.17) is 4.74 Å². The SMILES string of the molecule is CCNC(=NCc1cccc(NC(=O)CN(C)C)c1)NCCc1cc(C)ccc1OC.I. The molecule has 0 fully saturated rings. The van der Waals surface area contributed by atoms with E-state index in [9.17, 15) is 4.79 Å². The van der Waals surface area contributed by atoms with Crippen LogP contribution in [0.2, 0.25) is 0 Å². The fourth-order valence-corrected chi connectivity index (χ4v) is 3.17. The average Bonchev–Trinajstić information content (AvgIpc) is 2.72. The number of nitrogens with one attached hydrogen (secondary N) is 3. The number of carbonyl (C=O) groups is 1. The highest BCUT2D eigenvalue weighted by molar-refractivity contribution is 14.0. The first-order valence-electron chi connectivity index (χ1n) is 10.6. The number of benzene rings is 2. The van der Waals surface area contributed by atoms with E-state index in [1.807, 2.05) is 56.3 Å². The molecule has 0 heterocycles. The lowest BCUT2D eigenvalue weighted by Crippen LogP contribution is -2.38. The van der Waals surface area contributed by atoms with Gasteiger partial charge in [-0.1, -0.05) is 29.8 Å². The number of hydrogen-bond donors (Lipinski definition) is 3. The van der Waals surface area contributed by atoms with Gasteiger partial charge in [0.1, 0.15) is 5.75 Å². The molecule has 2 aromatic rings. The third kappa shape index (κ3) is 9.86. The Morgan fingerprint density at radius 2 is 1.91 bits per heavy atom. The Hall–Kier alpha value is -2.33. The summed E-state index contributed by atoms with van der Waals surface area (Å²) in [4.78, 5) is 18.5. The van der Waals surface area contributed by atoms with Gasteiger partial charge in [-0.25, -0.2) is 4.99 Å². The highest BCUT2D eigenvalue weighted by Gasteiger charge is 2.06. The Balaban J connectivity index is 0.00000512. The van der Waals surface area contributed by atoms with E-state index in [0.29, 0.717) is 13.1 Å². The molecule has 32 heavy (non-hydrogen) atoms. The molecule has 3 N–H and O–H groups in total. The summed E-state index contributed by atoms with van der Waals surface area (Å²) in [6.45, 7) is 6.51. The third-order valence-corrected chi connectivity index (χ3v) is 4.56. The lowest BCUT2D eigenvalue weighted by atomic mass is 10.1. The number of nitrogens with zero attached hydrogens (tertiary/aromatic N) is 2. The molecule has 0 atom stereocenters. The molecule has 0 aromatic heterocycles. The van der Waals surface area contributed by atoms with Crippen LogP contribution < -0.4 is 20.7 Å². The number of methoxy groups -OCH3 is 1. The van der Waals surface area contributed by atoms with E-state index >= 15 is 0 Å². The number of halogens is 1. The molecule has 1 amide bonds. The first-order chi connectivity index (χ1) is 14.9. The van der Waals surface area contributed by atoms with Crippen LogP contribution in [0.25, 0.3) is 0 Å². The van der Waals surface area contributed by atoms with E-state index < -0.39 is 0 Å². The van der Waals surface area contributed by atoms with Gasteiger partial charge in [0.15, 0.2) is 5.96 Å². The van der Waals surface area contributed by atoms with Crippen LogP contribution in [-0.4, -0.2) is 57.6 Å². The fourth-order valence-electron chi connectivity index (χ4n) is 3.17. The minimum absolute atomic E-state index is 0. The van der Waals surface area contributed by atoms with Gasteiger partial charge in [-0.3, -0.25) is 4.79 Å². The smallest absolute Gasteiger partial charge is 0.238 e. The number of guanidine groups is 1. The topological polar surface area (TPSA) is 78.0 Å². The van der Waals surface area contributed by atoms with Crippen molar-refractivity contribution in [3.05, 3.63) is 59.2 Å². The Morgan fingerprint density at radius 1 is 1.12 bits per heavy atom. The second-order valence-electron chi connectivity index (χ2n) is 7.67. The molecule has 7 nitrogen and oxygen atoms in total. The van der Waals surface area contributed by atoms with Crippen LogP contribution in [0.3, 0.4) is 0 Å². The van der Waals surface area contributed by atoms with Crippen molar-refractivity contribution < 1.29 is 9.53 Å². The Labute approximate surface area is 209 Å². The van der Waals surface area contributed by atoms with Gasteiger partial charge in [-0.15, -0.1) is 24.0 Å². The molecule has 0 unspecified atom stereocenters. The van der Waals surface area contributed by atoms with Crippen molar-refractivity contribution in [1.29, 1.82) is 0 Å². The molecule has 0 saturated heterocycles. The van der Waals surface area contributed by atoms with E-state index in [2.05, 4.69) is 40.0 Å². The third-order valence-electron chi connectivity index (χ3n) is 4.56. The highest BCUT2D eigenvalue weighted by atomic mass is 127. The summed E-state index contributed by atoms with van der Waals surface area (Å²) in [7, 11) is 5.44. The first kappa shape index (κ1) is 27.7. The molecule has 0 aliphatic heterocycles. The molecule has 0 saturated carbocycles. The molecule has 0 radical (unpaired) electrons. The number of rotatable bonds is 10. The zero-order valence-corrected chi connectivity index (χ0v) is 22.0. The number of hydrogen-bond acceptors (Lipinski definition) is 4. The van der Waals surface area contributed by atoms with E-state index in [0.717, 1.165) is 42.5 Å². The second-order valence-corrected chi connectivity index (χ2v) is 7.67. The van der Waals surface area contributed by atoms with Crippen LogP contribution in [0.4, 0.5) is 5.69 Å². The predicted molar refractivity (Wildman–Crippen MR) is 143 cm³/mol. The van der Waals surface area contributed by atoms with Gasteiger partial charge in [0.25, 0.3) is 0 Å². The van der Waals surface area contributed by atoms with Gasteiger partial charge >= 0.3 is 0 Å². The summed E-state index contributed by atoms with van der Waals surface area (Å²) in [6, 6.07) is 14.0. The summed E-state index contributed by atoms with van der Waals surface area (Å²) in [5, 5.41) is 9.59. The normalized spacial score (nSPS) is 11.0. The molecule has 0 bridgehead atoms. The van der Waals surface area contributed by atoms with Crippen LogP contribution in [0, 0.1) is 6.92 Å². The number of aliphatic imine (C=N–C) groups is 1. The average molecular weight is 553 g/mol. The number of ether oxygens (including phenoxy) is 1. The lowest BCUT2D eigenvalue weighted by Gasteiger charge is -2.14. The van der Waals surface area contributed by atoms with Gasteiger partial charge in [0.05, 0.1) is 20.2 Å². The molecule has 0 aliphatic carbocycles. The summed E-state index contributed by atoms with van der Waals surface area (Å²) < 4.78 is 5.46. The summed E-state index contributed by atoms with van der Waals surface area (Å²) in [6.07, 6.45) is 0.836. The summed E-state index contributed by atoms with van der Waals surface area (Å²) in [5.41, 5.74) is 4.20. The van der Waals surface area contributed by atoms with E-state index in [-0.39, 0.29) is 29.9 Å². The molecular formula is C24H36IN5O2. The molecule has 8 heteroatoms. The Kier molecular flexibility index (Phi) is 12.7. The van der Waals surface area contributed by atoms with Gasteiger partial charge in [-0.05, 0) is 63.7 Å². The zero-order valence-electron chi connectivity index (χ0n) is 19.7. The van der Waals surface area contributed by atoms with Gasteiger partial charge in [-0.2, -0.15) is 0 Å². The van der Waals surface area contributed by atoms with Crippen molar-refractivity contribution in [2.24, 2.45) is 4.99 Å². The van der Waals surface area contributed by atoms with Crippen LogP contribution in [0.15, 0.2) is 47.5 Å². The molecule has 176 valence electrons. The number of amides is 1. The Bertz CT molecular complexity index is 886. The number of likely N-dealkylation sites (N-methyl/N-ethyl adjacent to an activating group) is 1. The lowest BCUT2D eigenvalue weighted by molar-refractivity contribution is -0.116. The van der Waals surface area contributed by atoms with Crippen LogP contribution in [0.5, 0.6) is 5.75 Å². The zero-order chi connectivity index (χ0) is 22.6. The Morgan fingerprint density at radius 3 is 2.59 bits per heavy atom. The predicted octanol–water partition coefficient (Wildman–Crippen LogP) is 3.42. The maximum absolute atomic E-state index is 12.0. The fraction of sp³-hybridized carbons (Fsp3) is 0.417. The molecule has 2 aromatic carbocycles. The minimum Gasteiger partial charge on any atom is -0.496 e. The summed E-state index contributed by atoms with van der Waals surface area (Å²) >= 11 is 0. The van der Waals surface area contributed by atoms with Crippen LogP contribution in [0.1, 0.15) is 23.6 Å². The number of carbonyl (C=O) groups excluding carboxylic acids is 1. The van der Waals surface area contributed by atoms with E-state index in [1.54, 1.807) is 7.11 Å².